The molecule has 1 fully saturated rings. The van der Waals surface area contributed by atoms with Crippen LogP contribution in [0.3, 0.4) is 0 Å². The van der Waals surface area contributed by atoms with Crippen molar-refractivity contribution in [2.45, 2.75) is 45.1 Å². The van der Waals surface area contributed by atoms with E-state index in [4.69, 9.17) is 0 Å². The Morgan fingerprint density at radius 3 is 2.55 bits per heavy atom. The van der Waals surface area contributed by atoms with Gasteiger partial charge in [-0.25, -0.2) is 0 Å². The van der Waals surface area contributed by atoms with Gasteiger partial charge >= 0.3 is 0 Å². The molecule has 0 amide bonds. The van der Waals surface area contributed by atoms with E-state index in [2.05, 4.69) is 0 Å². The molecule has 64 valence electrons. The lowest BCUT2D eigenvalue weighted by molar-refractivity contribution is -0.579. The van der Waals surface area contributed by atoms with E-state index >= 15 is 0 Å². The van der Waals surface area contributed by atoms with Gasteiger partial charge in [0.05, 0.1) is 0 Å². The van der Waals surface area contributed by atoms with Gasteiger partial charge in [0.1, 0.15) is 0 Å². The standard InChI is InChI=1S/C8H15NO2/c1-7-5-3-4-6-8(7,2)9(10)11/h7H,3-6H2,1-2H3. The van der Waals surface area contributed by atoms with Crippen LogP contribution in [0.4, 0.5) is 0 Å². The van der Waals surface area contributed by atoms with Crippen LogP contribution in [0.15, 0.2) is 0 Å². The monoisotopic (exact) mass is 157 g/mol. The van der Waals surface area contributed by atoms with Gasteiger partial charge in [0.2, 0.25) is 5.54 Å². The maximum atomic E-state index is 10.7. The zero-order valence-corrected chi connectivity index (χ0v) is 7.17. The molecule has 1 rings (SSSR count). The van der Waals surface area contributed by atoms with Crippen LogP contribution in [-0.4, -0.2) is 10.5 Å². The molecule has 11 heavy (non-hydrogen) atoms. The van der Waals surface area contributed by atoms with Crippen LogP contribution in [-0.2, 0) is 0 Å². The summed E-state index contributed by atoms with van der Waals surface area (Å²) < 4.78 is 0. The van der Waals surface area contributed by atoms with Crippen molar-refractivity contribution >= 4 is 0 Å². The summed E-state index contributed by atoms with van der Waals surface area (Å²) in [6.07, 6.45) is 3.94. The number of rotatable bonds is 1. The fraction of sp³-hybridized carbons (Fsp3) is 1.00. The van der Waals surface area contributed by atoms with E-state index in [9.17, 15) is 10.1 Å². The summed E-state index contributed by atoms with van der Waals surface area (Å²) in [6.45, 7) is 3.76. The van der Waals surface area contributed by atoms with Crippen molar-refractivity contribution in [2.24, 2.45) is 5.92 Å². The highest BCUT2D eigenvalue weighted by Gasteiger charge is 2.44. The summed E-state index contributed by atoms with van der Waals surface area (Å²) in [6, 6.07) is 0. The van der Waals surface area contributed by atoms with Gasteiger partial charge in [0.15, 0.2) is 0 Å². The first-order valence-electron chi connectivity index (χ1n) is 4.22. The van der Waals surface area contributed by atoms with Crippen molar-refractivity contribution in [2.75, 3.05) is 0 Å². The summed E-state index contributed by atoms with van der Waals surface area (Å²) in [4.78, 5) is 10.6. The molecule has 3 nitrogen and oxygen atoms in total. The Labute approximate surface area is 66.9 Å². The highest BCUT2D eigenvalue weighted by molar-refractivity contribution is 4.83. The lowest BCUT2D eigenvalue weighted by Crippen LogP contribution is -2.43. The Balaban J connectivity index is 2.72. The van der Waals surface area contributed by atoms with Gasteiger partial charge in [0, 0.05) is 24.2 Å². The van der Waals surface area contributed by atoms with E-state index in [0.29, 0.717) is 0 Å². The largest absolute Gasteiger partial charge is 0.264 e. The van der Waals surface area contributed by atoms with Crippen LogP contribution in [0, 0.1) is 16.0 Å². The minimum Gasteiger partial charge on any atom is -0.264 e. The minimum atomic E-state index is -0.641. The second-order valence-corrected chi connectivity index (χ2v) is 3.76. The SMILES string of the molecule is CC1CCCCC1(C)[N+](=O)[O-]. The van der Waals surface area contributed by atoms with Gasteiger partial charge in [-0.05, 0) is 12.8 Å². The quantitative estimate of drug-likeness (QED) is 0.432. The minimum absolute atomic E-state index is 0.100. The first-order valence-corrected chi connectivity index (χ1v) is 4.22. The van der Waals surface area contributed by atoms with Gasteiger partial charge in [0.25, 0.3) is 0 Å². The summed E-state index contributed by atoms with van der Waals surface area (Å²) in [5.41, 5.74) is -0.641. The van der Waals surface area contributed by atoms with Crippen molar-refractivity contribution in [1.82, 2.24) is 0 Å². The number of hydrogen-bond acceptors (Lipinski definition) is 2. The smallest absolute Gasteiger partial charge is 0.222 e. The molecular formula is C8H15NO2. The molecule has 0 heterocycles. The molecule has 3 heteroatoms. The molecule has 0 aromatic rings. The Kier molecular flexibility index (Phi) is 2.16. The van der Waals surface area contributed by atoms with E-state index in [0.717, 1.165) is 25.7 Å². The molecule has 0 aromatic carbocycles. The third-order valence-electron chi connectivity index (χ3n) is 3.05. The van der Waals surface area contributed by atoms with E-state index < -0.39 is 5.54 Å². The molecular weight excluding hydrogens is 142 g/mol. The van der Waals surface area contributed by atoms with Crippen molar-refractivity contribution < 1.29 is 4.92 Å². The third kappa shape index (κ3) is 1.37. The number of nitro groups is 1. The molecule has 0 saturated heterocycles. The predicted molar refractivity (Wildman–Crippen MR) is 43.0 cm³/mol. The molecule has 1 aliphatic rings. The second kappa shape index (κ2) is 2.80. The molecule has 1 aliphatic carbocycles. The summed E-state index contributed by atoms with van der Waals surface area (Å²) >= 11 is 0. The molecule has 0 N–H and O–H groups in total. The van der Waals surface area contributed by atoms with E-state index in [1.807, 2.05) is 6.92 Å². The average Bonchev–Trinajstić information content (AvgIpc) is 1.95. The van der Waals surface area contributed by atoms with E-state index in [1.165, 1.54) is 0 Å². The molecule has 0 bridgehead atoms. The van der Waals surface area contributed by atoms with Gasteiger partial charge in [-0.2, -0.15) is 0 Å². The molecule has 0 radical (unpaired) electrons. The Bertz CT molecular complexity index is 169. The van der Waals surface area contributed by atoms with Gasteiger partial charge in [-0.3, -0.25) is 10.1 Å². The predicted octanol–water partition coefficient (Wildman–Crippen LogP) is 2.23. The van der Waals surface area contributed by atoms with E-state index in [1.54, 1.807) is 6.92 Å². The number of nitrogens with zero attached hydrogens (tertiary/aromatic N) is 1. The van der Waals surface area contributed by atoms with Crippen molar-refractivity contribution in [1.29, 1.82) is 0 Å². The number of hydrogen-bond donors (Lipinski definition) is 0. The molecule has 0 spiro atoms. The average molecular weight is 157 g/mol. The van der Waals surface area contributed by atoms with Crippen LogP contribution >= 0.6 is 0 Å². The summed E-state index contributed by atoms with van der Waals surface area (Å²) in [5, 5.41) is 10.7. The zero-order valence-electron chi connectivity index (χ0n) is 7.17. The van der Waals surface area contributed by atoms with Crippen LogP contribution in [0.2, 0.25) is 0 Å². The molecule has 2 atom stereocenters. The summed E-state index contributed by atoms with van der Waals surface area (Å²) in [5.74, 6) is 0.242. The lowest BCUT2D eigenvalue weighted by atomic mass is 9.75. The zero-order chi connectivity index (χ0) is 8.48. The van der Waals surface area contributed by atoms with Gasteiger partial charge in [-0.1, -0.05) is 13.3 Å². The lowest BCUT2D eigenvalue weighted by Gasteiger charge is -2.31. The van der Waals surface area contributed by atoms with Crippen molar-refractivity contribution in [3.63, 3.8) is 0 Å². The van der Waals surface area contributed by atoms with Crippen molar-refractivity contribution in [3.05, 3.63) is 10.1 Å². The third-order valence-corrected chi connectivity index (χ3v) is 3.05. The van der Waals surface area contributed by atoms with Crippen LogP contribution in [0.25, 0.3) is 0 Å². The molecule has 2 unspecified atom stereocenters. The van der Waals surface area contributed by atoms with Crippen LogP contribution in [0.5, 0.6) is 0 Å². The summed E-state index contributed by atoms with van der Waals surface area (Å²) in [7, 11) is 0. The Morgan fingerprint density at radius 2 is 2.18 bits per heavy atom. The topological polar surface area (TPSA) is 43.1 Å². The fourth-order valence-electron chi connectivity index (χ4n) is 1.76. The Hall–Kier alpha value is -0.600. The highest BCUT2D eigenvalue weighted by Crippen LogP contribution is 2.35. The first-order chi connectivity index (χ1) is 5.07. The first kappa shape index (κ1) is 8.50. The maximum Gasteiger partial charge on any atom is 0.222 e. The van der Waals surface area contributed by atoms with Gasteiger partial charge in [-0.15, -0.1) is 0 Å². The van der Waals surface area contributed by atoms with Crippen LogP contribution in [0.1, 0.15) is 39.5 Å². The molecule has 0 aromatic heterocycles. The molecule has 1 saturated carbocycles. The fourth-order valence-corrected chi connectivity index (χ4v) is 1.76. The van der Waals surface area contributed by atoms with Gasteiger partial charge < -0.3 is 0 Å². The van der Waals surface area contributed by atoms with E-state index in [-0.39, 0.29) is 10.8 Å². The molecule has 0 aliphatic heterocycles. The Morgan fingerprint density at radius 1 is 1.55 bits per heavy atom. The highest BCUT2D eigenvalue weighted by atomic mass is 16.6. The van der Waals surface area contributed by atoms with Crippen molar-refractivity contribution in [3.8, 4) is 0 Å². The second-order valence-electron chi connectivity index (χ2n) is 3.76. The van der Waals surface area contributed by atoms with Crippen LogP contribution < -0.4 is 0 Å². The normalized spacial score (nSPS) is 38.5. The maximum absolute atomic E-state index is 10.7.